The lowest BCUT2D eigenvalue weighted by molar-refractivity contribution is -0.141. The average molecular weight is 301 g/mol. The van der Waals surface area contributed by atoms with Gasteiger partial charge in [-0.3, -0.25) is 4.79 Å². The van der Waals surface area contributed by atoms with E-state index in [-0.39, 0.29) is 17.5 Å². The molecule has 1 aliphatic rings. The Kier molecular flexibility index (Phi) is 4.10. The Hall–Kier alpha value is -1.47. The quantitative estimate of drug-likeness (QED) is 0.868. The SMILES string of the molecule is CC(CN(C1CC1)S(=O)(=O)c1ccc(F)cc1)C(=O)O. The highest BCUT2D eigenvalue weighted by Gasteiger charge is 2.39. The van der Waals surface area contributed by atoms with Crippen molar-refractivity contribution in [3.63, 3.8) is 0 Å². The third-order valence-corrected chi connectivity index (χ3v) is 5.18. The van der Waals surface area contributed by atoms with E-state index in [0.717, 1.165) is 25.0 Å². The van der Waals surface area contributed by atoms with Crippen molar-refractivity contribution < 1.29 is 22.7 Å². The van der Waals surface area contributed by atoms with Gasteiger partial charge in [-0.2, -0.15) is 4.31 Å². The Labute approximate surface area is 117 Å². The van der Waals surface area contributed by atoms with Crippen molar-refractivity contribution in [2.45, 2.75) is 30.7 Å². The number of benzene rings is 1. The number of sulfonamides is 1. The van der Waals surface area contributed by atoms with Crippen molar-refractivity contribution in [2.24, 2.45) is 5.92 Å². The van der Waals surface area contributed by atoms with Gasteiger partial charge in [0, 0.05) is 12.6 Å². The fraction of sp³-hybridized carbons (Fsp3) is 0.462. The Morgan fingerprint density at radius 2 is 1.95 bits per heavy atom. The predicted octanol–water partition coefficient (Wildman–Crippen LogP) is 1.70. The van der Waals surface area contributed by atoms with Crippen LogP contribution in [0.4, 0.5) is 4.39 Å². The van der Waals surface area contributed by atoms with E-state index in [1.807, 2.05) is 0 Å². The average Bonchev–Trinajstić information content (AvgIpc) is 3.20. The van der Waals surface area contributed by atoms with Gasteiger partial charge in [-0.25, -0.2) is 12.8 Å². The first-order valence-corrected chi connectivity index (χ1v) is 7.76. The van der Waals surface area contributed by atoms with Gasteiger partial charge in [-0.1, -0.05) is 6.92 Å². The number of nitrogens with zero attached hydrogens (tertiary/aromatic N) is 1. The Morgan fingerprint density at radius 3 is 2.40 bits per heavy atom. The van der Waals surface area contributed by atoms with Crippen molar-refractivity contribution in [2.75, 3.05) is 6.54 Å². The van der Waals surface area contributed by atoms with Crippen LogP contribution in [0.5, 0.6) is 0 Å². The highest BCUT2D eigenvalue weighted by Crippen LogP contribution is 2.32. The lowest BCUT2D eigenvalue weighted by Gasteiger charge is -2.23. The molecule has 0 heterocycles. The monoisotopic (exact) mass is 301 g/mol. The van der Waals surface area contributed by atoms with E-state index in [2.05, 4.69) is 0 Å². The summed E-state index contributed by atoms with van der Waals surface area (Å²) in [5.74, 6) is -2.34. The fourth-order valence-corrected chi connectivity index (χ4v) is 3.67. The molecular weight excluding hydrogens is 285 g/mol. The molecule has 0 aliphatic heterocycles. The largest absolute Gasteiger partial charge is 0.481 e. The maximum absolute atomic E-state index is 12.9. The van der Waals surface area contributed by atoms with E-state index in [1.165, 1.54) is 23.4 Å². The highest BCUT2D eigenvalue weighted by molar-refractivity contribution is 7.89. The summed E-state index contributed by atoms with van der Waals surface area (Å²) < 4.78 is 39.1. The third-order valence-electron chi connectivity index (χ3n) is 3.25. The zero-order valence-corrected chi connectivity index (χ0v) is 11.8. The molecule has 0 amide bonds. The van der Waals surface area contributed by atoms with E-state index < -0.39 is 27.7 Å². The summed E-state index contributed by atoms with van der Waals surface area (Å²) in [6, 6.07) is 4.42. The number of carboxylic acid groups (broad SMARTS) is 1. The van der Waals surface area contributed by atoms with Crippen molar-refractivity contribution in [1.82, 2.24) is 4.31 Å². The van der Waals surface area contributed by atoms with Crippen LogP contribution in [0, 0.1) is 11.7 Å². The number of hydrogen-bond donors (Lipinski definition) is 1. The van der Waals surface area contributed by atoms with Gasteiger partial charge >= 0.3 is 5.97 Å². The fourth-order valence-electron chi connectivity index (χ4n) is 1.90. The topological polar surface area (TPSA) is 74.7 Å². The molecule has 1 saturated carbocycles. The van der Waals surface area contributed by atoms with Gasteiger partial charge in [-0.15, -0.1) is 0 Å². The van der Waals surface area contributed by atoms with Gasteiger partial charge in [0.15, 0.2) is 0 Å². The van der Waals surface area contributed by atoms with E-state index in [0.29, 0.717) is 0 Å². The van der Waals surface area contributed by atoms with Crippen LogP contribution >= 0.6 is 0 Å². The maximum Gasteiger partial charge on any atom is 0.307 e. The molecule has 0 spiro atoms. The first-order valence-electron chi connectivity index (χ1n) is 6.32. The van der Waals surface area contributed by atoms with Crippen LogP contribution in [0.2, 0.25) is 0 Å². The zero-order valence-electron chi connectivity index (χ0n) is 11.0. The molecule has 1 aliphatic carbocycles. The summed E-state index contributed by atoms with van der Waals surface area (Å²) in [6.45, 7) is 1.40. The van der Waals surface area contributed by atoms with Crippen molar-refractivity contribution in [3.8, 4) is 0 Å². The number of aliphatic carboxylic acids is 1. The van der Waals surface area contributed by atoms with Gasteiger partial charge in [0.1, 0.15) is 5.82 Å². The second-order valence-electron chi connectivity index (χ2n) is 5.00. The second kappa shape index (κ2) is 5.49. The summed E-state index contributed by atoms with van der Waals surface area (Å²) in [5, 5.41) is 8.93. The van der Waals surface area contributed by atoms with Gasteiger partial charge in [0.25, 0.3) is 0 Å². The molecule has 1 unspecified atom stereocenters. The molecule has 0 saturated heterocycles. The van der Waals surface area contributed by atoms with Crippen molar-refractivity contribution in [3.05, 3.63) is 30.1 Å². The van der Waals surface area contributed by atoms with E-state index >= 15 is 0 Å². The minimum absolute atomic E-state index is 0.0108. The minimum Gasteiger partial charge on any atom is -0.481 e. The van der Waals surface area contributed by atoms with Crippen molar-refractivity contribution in [1.29, 1.82) is 0 Å². The number of rotatable bonds is 6. The van der Waals surface area contributed by atoms with Gasteiger partial charge in [0.2, 0.25) is 10.0 Å². The molecule has 0 aromatic heterocycles. The molecular formula is C13H16FNO4S. The standard InChI is InChI=1S/C13H16FNO4S/c1-9(13(16)17)8-15(11-4-5-11)20(18,19)12-6-2-10(14)3-7-12/h2-3,6-7,9,11H,4-5,8H2,1H3,(H,16,17). The third kappa shape index (κ3) is 3.16. The molecule has 0 radical (unpaired) electrons. The molecule has 0 bridgehead atoms. The molecule has 1 aromatic rings. The summed E-state index contributed by atoms with van der Waals surface area (Å²) >= 11 is 0. The van der Waals surface area contributed by atoms with Crippen LogP contribution in [0.25, 0.3) is 0 Å². The lowest BCUT2D eigenvalue weighted by atomic mass is 10.2. The number of carbonyl (C=O) groups is 1. The summed E-state index contributed by atoms with van der Waals surface area (Å²) in [5.41, 5.74) is 0. The van der Waals surface area contributed by atoms with E-state index in [9.17, 15) is 17.6 Å². The lowest BCUT2D eigenvalue weighted by Crippen LogP contribution is -2.38. The molecule has 110 valence electrons. The Morgan fingerprint density at radius 1 is 1.40 bits per heavy atom. The van der Waals surface area contributed by atoms with Crippen molar-refractivity contribution >= 4 is 16.0 Å². The molecule has 1 aromatic carbocycles. The molecule has 5 nitrogen and oxygen atoms in total. The predicted molar refractivity (Wildman–Crippen MR) is 70.1 cm³/mol. The minimum atomic E-state index is -3.78. The summed E-state index contributed by atoms with van der Waals surface area (Å²) in [6.07, 6.45) is 1.46. The smallest absolute Gasteiger partial charge is 0.307 e. The number of hydrogen-bond acceptors (Lipinski definition) is 3. The van der Waals surface area contributed by atoms with Crippen LogP contribution in [0.3, 0.4) is 0 Å². The van der Waals surface area contributed by atoms with Gasteiger partial charge in [-0.05, 0) is 37.1 Å². The first-order chi connectivity index (χ1) is 9.32. The molecule has 1 fully saturated rings. The molecule has 1 N–H and O–H groups in total. The van der Waals surface area contributed by atoms with E-state index in [1.54, 1.807) is 0 Å². The van der Waals surface area contributed by atoms with Crippen LogP contribution in [0.1, 0.15) is 19.8 Å². The molecule has 20 heavy (non-hydrogen) atoms. The zero-order chi connectivity index (χ0) is 14.9. The normalized spacial score (nSPS) is 17.1. The highest BCUT2D eigenvalue weighted by atomic mass is 32.2. The van der Waals surface area contributed by atoms with E-state index in [4.69, 9.17) is 5.11 Å². The second-order valence-corrected chi connectivity index (χ2v) is 6.89. The van der Waals surface area contributed by atoms with Crippen LogP contribution in [-0.4, -0.2) is 36.4 Å². The van der Waals surface area contributed by atoms with Crippen LogP contribution in [0.15, 0.2) is 29.2 Å². The van der Waals surface area contributed by atoms with Gasteiger partial charge in [0.05, 0.1) is 10.8 Å². The Bertz CT molecular complexity index is 595. The summed E-state index contributed by atoms with van der Waals surface area (Å²) in [4.78, 5) is 10.9. The summed E-state index contributed by atoms with van der Waals surface area (Å²) in [7, 11) is -3.78. The Balaban J connectivity index is 2.28. The molecule has 7 heteroatoms. The molecule has 1 atom stereocenters. The number of halogens is 1. The molecule has 2 rings (SSSR count). The van der Waals surface area contributed by atoms with Gasteiger partial charge < -0.3 is 5.11 Å². The van der Waals surface area contributed by atoms with Crippen LogP contribution < -0.4 is 0 Å². The van der Waals surface area contributed by atoms with Crippen LogP contribution in [-0.2, 0) is 14.8 Å². The maximum atomic E-state index is 12.9. The number of carboxylic acids is 1. The first kappa shape index (κ1) is 14.9.